The molecule has 1 heterocycles. The van der Waals surface area contributed by atoms with Crippen LogP contribution >= 0.6 is 15.9 Å². The topological polar surface area (TPSA) is 48.7 Å². The van der Waals surface area contributed by atoms with Gasteiger partial charge in [-0.05, 0) is 48.0 Å². The average Bonchev–Trinajstić information content (AvgIpc) is 2.95. The molecule has 106 valence electrons. The van der Waals surface area contributed by atoms with Crippen LogP contribution in [0.5, 0.6) is 11.5 Å². The molecule has 0 aliphatic rings. The Hall–Kier alpha value is -1.75. The van der Waals surface area contributed by atoms with Crippen molar-refractivity contribution in [2.24, 2.45) is 0 Å². The summed E-state index contributed by atoms with van der Waals surface area (Å²) in [5, 5.41) is 0. The van der Waals surface area contributed by atoms with Crippen molar-refractivity contribution in [3.8, 4) is 11.5 Å². The second kappa shape index (κ2) is 6.61. The fourth-order valence-corrected chi connectivity index (χ4v) is 2.30. The van der Waals surface area contributed by atoms with Gasteiger partial charge in [-0.2, -0.15) is 0 Å². The van der Waals surface area contributed by atoms with E-state index in [-0.39, 0.29) is 5.78 Å². The maximum atomic E-state index is 12.4. The average molecular weight is 339 g/mol. The standard InChI is InChI=1S/C15H15BrO4/c1-3-19-13-7-11(12(16)8-14(13)20-4-2)15(17)10-5-6-18-9-10/h5-9H,3-4H2,1-2H3. The zero-order valence-corrected chi connectivity index (χ0v) is 12.9. The summed E-state index contributed by atoms with van der Waals surface area (Å²) in [5.74, 6) is 1.05. The Labute approximate surface area is 125 Å². The highest BCUT2D eigenvalue weighted by Gasteiger charge is 2.18. The largest absolute Gasteiger partial charge is 0.490 e. The van der Waals surface area contributed by atoms with Crippen LogP contribution in [-0.4, -0.2) is 19.0 Å². The second-order valence-corrected chi connectivity index (χ2v) is 4.84. The number of benzene rings is 1. The van der Waals surface area contributed by atoms with Crippen molar-refractivity contribution < 1.29 is 18.7 Å². The molecule has 0 saturated heterocycles. The summed E-state index contributed by atoms with van der Waals surface area (Å²) in [6.07, 6.45) is 2.89. The molecule has 5 heteroatoms. The quantitative estimate of drug-likeness (QED) is 0.745. The third-order valence-electron chi connectivity index (χ3n) is 2.66. The number of hydrogen-bond acceptors (Lipinski definition) is 4. The summed E-state index contributed by atoms with van der Waals surface area (Å²) < 4.78 is 16.6. The number of ether oxygens (including phenoxy) is 2. The third kappa shape index (κ3) is 3.04. The summed E-state index contributed by atoms with van der Waals surface area (Å²) in [7, 11) is 0. The Morgan fingerprint density at radius 3 is 2.40 bits per heavy atom. The van der Waals surface area contributed by atoms with Gasteiger partial charge in [-0.15, -0.1) is 0 Å². The van der Waals surface area contributed by atoms with E-state index in [1.54, 1.807) is 18.2 Å². The molecule has 0 bridgehead atoms. The maximum absolute atomic E-state index is 12.4. The molecule has 2 aromatic rings. The fraction of sp³-hybridized carbons (Fsp3) is 0.267. The van der Waals surface area contributed by atoms with Crippen LogP contribution in [0.1, 0.15) is 29.8 Å². The van der Waals surface area contributed by atoms with Crippen LogP contribution in [0.25, 0.3) is 0 Å². The summed E-state index contributed by atoms with van der Waals surface area (Å²) in [6.45, 7) is 4.81. The van der Waals surface area contributed by atoms with Gasteiger partial charge in [-0.25, -0.2) is 0 Å². The summed E-state index contributed by atoms with van der Waals surface area (Å²) in [6, 6.07) is 5.07. The fourth-order valence-electron chi connectivity index (χ4n) is 1.79. The minimum atomic E-state index is -0.130. The number of carbonyl (C=O) groups is 1. The Kier molecular flexibility index (Phi) is 4.84. The smallest absolute Gasteiger partial charge is 0.197 e. The Morgan fingerprint density at radius 2 is 1.85 bits per heavy atom. The van der Waals surface area contributed by atoms with Crippen LogP contribution in [0.15, 0.2) is 39.6 Å². The van der Waals surface area contributed by atoms with Gasteiger partial charge in [0.15, 0.2) is 17.3 Å². The van der Waals surface area contributed by atoms with E-state index in [4.69, 9.17) is 13.9 Å². The first kappa shape index (κ1) is 14.7. The molecule has 0 spiro atoms. The summed E-state index contributed by atoms with van der Waals surface area (Å²) in [4.78, 5) is 12.4. The van der Waals surface area contributed by atoms with E-state index < -0.39 is 0 Å². The van der Waals surface area contributed by atoms with Crippen LogP contribution in [0, 0.1) is 0 Å². The third-order valence-corrected chi connectivity index (χ3v) is 3.32. The number of hydrogen-bond donors (Lipinski definition) is 0. The molecule has 0 aliphatic heterocycles. The van der Waals surface area contributed by atoms with E-state index in [1.165, 1.54) is 12.5 Å². The van der Waals surface area contributed by atoms with Crippen molar-refractivity contribution in [3.05, 3.63) is 46.3 Å². The monoisotopic (exact) mass is 338 g/mol. The van der Waals surface area contributed by atoms with Crippen molar-refractivity contribution in [1.29, 1.82) is 0 Å². The van der Waals surface area contributed by atoms with Crippen molar-refractivity contribution in [2.75, 3.05) is 13.2 Å². The Balaban J connectivity index is 2.43. The molecule has 0 radical (unpaired) electrons. The van der Waals surface area contributed by atoms with Crippen molar-refractivity contribution >= 4 is 21.7 Å². The SMILES string of the molecule is CCOc1cc(Br)c(C(=O)c2ccoc2)cc1OCC. The Morgan fingerprint density at radius 1 is 1.20 bits per heavy atom. The Bertz CT molecular complexity index is 590. The molecule has 2 rings (SSSR count). The van der Waals surface area contributed by atoms with Gasteiger partial charge >= 0.3 is 0 Å². The van der Waals surface area contributed by atoms with Crippen LogP contribution in [-0.2, 0) is 0 Å². The van der Waals surface area contributed by atoms with Crippen LogP contribution in [0.2, 0.25) is 0 Å². The van der Waals surface area contributed by atoms with Gasteiger partial charge in [0.2, 0.25) is 0 Å². The molecule has 0 N–H and O–H groups in total. The van der Waals surface area contributed by atoms with Crippen LogP contribution < -0.4 is 9.47 Å². The molecule has 20 heavy (non-hydrogen) atoms. The van der Waals surface area contributed by atoms with Gasteiger partial charge in [-0.1, -0.05) is 0 Å². The lowest BCUT2D eigenvalue weighted by molar-refractivity contribution is 0.103. The number of rotatable bonds is 6. The zero-order chi connectivity index (χ0) is 14.5. The molecule has 4 nitrogen and oxygen atoms in total. The molecule has 0 atom stereocenters. The van der Waals surface area contributed by atoms with Crippen LogP contribution in [0.4, 0.5) is 0 Å². The first-order valence-electron chi connectivity index (χ1n) is 6.33. The molecule has 0 unspecified atom stereocenters. The highest BCUT2D eigenvalue weighted by molar-refractivity contribution is 9.10. The molecule has 0 amide bonds. The van der Waals surface area contributed by atoms with Gasteiger partial charge in [0, 0.05) is 10.0 Å². The molecule has 0 fully saturated rings. The van der Waals surface area contributed by atoms with Crippen molar-refractivity contribution in [1.82, 2.24) is 0 Å². The predicted octanol–water partition coefficient (Wildman–Crippen LogP) is 4.07. The predicted molar refractivity (Wildman–Crippen MR) is 78.6 cm³/mol. The second-order valence-electron chi connectivity index (χ2n) is 3.99. The van der Waals surface area contributed by atoms with Gasteiger partial charge in [0.25, 0.3) is 0 Å². The zero-order valence-electron chi connectivity index (χ0n) is 11.3. The van der Waals surface area contributed by atoms with Gasteiger partial charge < -0.3 is 13.9 Å². The van der Waals surface area contributed by atoms with Crippen molar-refractivity contribution in [2.45, 2.75) is 13.8 Å². The summed E-state index contributed by atoms with van der Waals surface area (Å²) in [5.41, 5.74) is 1.01. The van der Waals surface area contributed by atoms with E-state index >= 15 is 0 Å². The summed E-state index contributed by atoms with van der Waals surface area (Å²) >= 11 is 3.40. The maximum Gasteiger partial charge on any atom is 0.197 e. The van der Waals surface area contributed by atoms with Crippen molar-refractivity contribution in [3.63, 3.8) is 0 Å². The van der Waals surface area contributed by atoms with Crippen LogP contribution in [0.3, 0.4) is 0 Å². The van der Waals surface area contributed by atoms with Gasteiger partial charge in [0.05, 0.1) is 25.0 Å². The van der Waals surface area contributed by atoms with E-state index in [1.807, 2.05) is 13.8 Å². The number of carbonyl (C=O) groups excluding carboxylic acids is 1. The van der Waals surface area contributed by atoms with E-state index in [0.29, 0.717) is 40.3 Å². The first-order chi connectivity index (χ1) is 9.67. The molecular formula is C15H15BrO4. The molecular weight excluding hydrogens is 324 g/mol. The molecule has 1 aromatic heterocycles. The lowest BCUT2D eigenvalue weighted by Crippen LogP contribution is -2.04. The molecule has 0 aliphatic carbocycles. The first-order valence-corrected chi connectivity index (χ1v) is 7.12. The molecule has 1 aromatic carbocycles. The molecule has 0 saturated carbocycles. The highest BCUT2D eigenvalue weighted by atomic mass is 79.9. The lowest BCUT2D eigenvalue weighted by Gasteiger charge is -2.13. The number of ketones is 1. The van der Waals surface area contributed by atoms with Gasteiger partial charge in [0.1, 0.15) is 6.26 Å². The van der Waals surface area contributed by atoms with E-state index in [0.717, 1.165) is 0 Å². The normalized spacial score (nSPS) is 10.3. The van der Waals surface area contributed by atoms with E-state index in [2.05, 4.69) is 15.9 Å². The number of furan rings is 1. The number of halogens is 1. The minimum absolute atomic E-state index is 0.130. The van der Waals surface area contributed by atoms with Gasteiger partial charge in [-0.3, -0.25) is 4.79 Å². The van der Waals surface area contributed by atoms with E-state index in [9.17, 15) is 4.79 Å². The minimum Gasteiger partial charge on any atom is -0.490 e. The lowest BCUT2D eigenvalue weighted by atomic mass is 10.1. The highest BCUT2D eigenvalue weighted by Crippen LogP contribution is 2.34.